The van der Waals surface area contributed by atoms with E-state index in [1.54, 1.807) is 0 Å². The van der Waals surface area contributed by atoms with E-state index in [9.17, 15) is 0 Å². The highest BCUT2D eigenvalue weighted by Crippen LogP contribution is 2.36. The van der Waals surface area contributed by atoms with E-state index in [2.05, 4.69) is 176 Å². The molecule has 3 aromatic heterocycles. The molecule has 0 unspecified atom stereocenters. The number of pyridine rings is 3. The Morgan fingerprint density at radius 3 is 1.57 bits per heavy atom. The summed E-state index contributed by atoms with van der Waals surface area (Å²) < 4.78 is 0. The Morgan fingerprint density at radius 1 is 0.314 bits per heavy atom. The summed E-state index contributed by atoms with van der Waals surface area (Å²) in [5.74, 6) is 0. The predicted molar refractivity (Wildman–Crippen MR) is 212 cm³/mol. The maximum absolute atomic E-state index is 5.25. The number of benzene rings is 6. The van der Waals surface area contributed by atoms with Gasteiger partial charge in [0.05, 0.1) is 28.1 Å². The van der Waals surface area contributed by atoms with Gasteiger partial charge in [-0.1, -0.05) is 152 Å². The molecule has 3 nitrogen and oxygen atoms in total. The number of fused-ring (bicyclic) bond motifs is 3. The van der Waals surface area contributed by atoms with Crippen molar-refractivity contribution in [3.8, 4) is 67.2 Å². The van der Waals surface area contributed by atoms with Gasteiger partial charge in [0.2, 0.25) is 0 Å². The molecule has 0 saturated heterocycles. The lowest BCUT2D eigenvalue weighted by Gasteiger charge is -2.13. The van der Waals surface area contributed by atoms with E-state index in [4.69, 9.17) is 15.0 Å². The van der Waals surface area contributed by atoms with Gasteiger partial charge in [-0.25, -0.2) is 9.97 Å². The fourth-order valence-electron chi connectivity index (χ4n) is 6.90. The minimum Gasteiger partial charge on any atom is -0.251 e. The van der Waals surface area contributed by atoms with Gasteiger partial charge in [-0.15, -0.1) is 0 Å². The molecule has 0 aliphatic heterocycles. The molecule has 9 rings (SSSR count). The first kappa shape index (κ1) is 30.4. The van der Waals surface area contributed by atoms with Crippen LogP contribution < -0.4 is 0 Å². The smallest absolute Gasteiger partial charge is 0.0978 e. The van der Waals surface area contributed by atoms with Crippen LogP contribution in [0, 0.1) is 6.92 Å². The Balaban J connectivity index is 1.12. The van der Waals surface area contributed by atoms with Crippen LogP contribution in [0.4, 0.5) is 0 Å². The van der Waals surface area contributed by atoms with Gasteiger partial charge in [-0.3, -0.25) is 4.98 Å². The summed E-state index contributed by atoms with van der Waals surface area (Å²) in [5, 5.41) is 2.19. The zero-order chi connectivity index (χ0) is 34.1. The molecule has 240 valence electrons. The van der Waals surface area contributed by atoms with Gasteiger partial charge in [-0.2, -0.15) is 0 Å². The summed E-state index contributed by atoms with van der Waals surface area (Å²) in [6, 6.07) is 64.0. The Bertz CT molecular complexity index is 2610. The van der Waals surface area contributed by atoms with Crippen LogP contribution in [0.1, 0.15) is 5.69 Å². The Morgan fingerprint density at radius 2 is 0.843 bits per heavy atom. The summed E-state index contributed by atoms with van der Waals surface area (Å²) in [5.41, 5.74) is 15.8. The van der Waals surface area contributed by atoms with Crippen LogP contribution in [0.3, 0.4) is 0 Å². The lowest BCUT2D eigenvalue weighted by molar-refractivity contribution is 1.25. The molecule has 0 radical (unpaired) electrons. The summed E-state index contributed by atoms with van der Waals surface area (Å²) in [6.07, 6.45) is 0. The Hall–Kier alpha value is -6.71. The van der Waals surface area contributed by atoms with Gasteiger partial charge < -0.3 is 0 Å². The molecule has 0 aliphatic rings. The lowest BCUT2D eigenvalue weighted by atomic mass is 9.95. The summed E-state index contributed by atoms with van der Waals surface area (Å²) in [7, 11) is 0. The van der Waals surface area contributed by atoms with Crippen molar-refractivity contribution in [2.45, 2.75) is 6.92 Å². The maximum atomic E-state index is 5.25. The average Bonchev–Trinajstić information content (AvgIpc) is 3.21. The zero-order valence-corrected chi connectivity index (χ0v) is 28.2. The van der Waals surface area contributed by atoms with Gasteiger partial charge in [0.1, 0.15) is 0 Å². The third-order valence-corrected chi connectivity index (χ3v) is 9.54. The van der Waals surface area contributed by atoms with E-state index in [1.807, 2.05) is 13.0 Å². The molecule has 51 heavy (non-hydrogen) atoms. The van der Waals surface area contributed by atoms with Crippen molar-refractivity contribution in [3.63, 3.8) is 0 Å². The number of hydrogen-bond donors (Lipinski definition) is 0. The highest BCUT2D eigenvalue weighted by atomic mass is 14.8. The molecule has 3 heterocycles. The van der Waals surface area contributed by atoms with Gasteiger partial charge in [0.15, 0.2) is 0 Å². The first-order valence-corrected chi connectivity index (χ1v) is 17.3. The number of rotatable bonds is 6. The molecule has 6 aromatic carbocycles. The van der Waals surface area contributed by atoms with Crippen LogP contribution in [0.5, 0.6) is 0 Å². The van der Waals surface area contributed by atoms with Crippen LogP contribution in [0.25, 0.3) is 89.0 Å². The predicted octanol–water partition coefficient (Wildman–Crippen LogP) is 12.5. The molecule has 0 N–H and O–H groups in total. The van der Waals surface area contributed by atoms with Crippen molar-refractivity contribution in [2.75, 3.05) is 0 Å². The molecular formula is C48H33N3. The van der Waals surface area contributed by atoms with E-state index in [1.165, 1.54) is 5.56 Å². The monoisotopic (exact) mass is 651 g/mol. The molecular weight excluding hydrogens is 619 g/mol. The highest BCUT2D eigenvalue weighted by Gasteiger charge is 2.14. The second kappa shape index (κ2) is 13.0. The first-order valence-electron chi connectivity index (χ1n) is 17.3. The third kappa shape index (κ3) is 5.96. The molecule has 0 saturated carbocycles. The fraction of sp³-hybridized carbons (Fsp3) is 0.0208. The summed E-state index contributed by atoms with van der Waals surface area (Å²) in [4.78, 5) is 15.4. The largest absolute Gasteiger partial charge is 0.251 e. The molecule has 0 atom stereocenters. The number of hydrogen-bond acceptors (Lipinski definition) is 3. The minimum absolute atomic E-state index is 0.921. The van der Waals surface area contributed by atoms with Crippen LogP contribution in [0.2, 0.25) is 0 Å². The molecule has 0 fully saturated rings. The minimum atomic E-state index is 0.921. The van der Waals surface area contributed by atoms with E-state index in [0.717, 1.165) is 89.1 Å². The van der Waals surface area contributed by atoms with Gasteiger partial charge in [0, 0.05) is 33.2 Å². The SMILES string of the molecule is Cc1ccc2ccc3c(-c4ccccc4)cc(-c4ccc(-c5cccc(-c6cc(-c7ccccc7)cc(-c7ccccc7)n6)c5)cc4)nc3c2n1. The molecule has 0 bridgehead atoms. The summed E-state index contributed by atoms with van der Waals surface area (Å²) >= 11 is 0. The van der Waals surface area contributed by atoms with Gasteiger partial charge >= 0.3 is 0 Å². The first-order chi connectivity index (χ1) is 25.2. The van der Waals surface area contributed by atoms with Crippen molar-refractivity contribution in [1.82, 2.24) is 15.0 Å². The van der Waals surface area contributed by atoms with Gasteiger partial charge in [0.25, 0.3) is 0 Å². The maximum Gasteiger partial charge on any atom is 0.0978 e. The second-order valence-electron chi connectivity index (χ2n) is 12.9. The van der Waals surface area contributed by atoms with Crippen molar-refractivity contribution in [3.05, 3.63) is 188 Å². The third-order valence-electron chi connectivity index (χ3n) is 9.54. The lowest BCUT2D eigenvalue weighted by Crippen LogP contribution is -1.93. The molecule has 0 amide bonds. The molecule has 0 spiro atoms. The molecule has 0 aliphatic carbocycles. The normalized spacial score (nSPS) is 11.2. The fourth-order valence-corrected chi connectivity index (χ4v) is 6.90. The topological polar surface area (TPSA) is 38.7 Å². The van der Waals surface area contributed by atoms with Crippen LogP contribution in [0.15, 0.2) is 182 Å². The quantitative estimate of drug-likeness (QED) is 0.168. The zero-order valence-electron chi connectivity index (χ0n) is 28.2. The average molecular weight is 652 g/mol. The number of aromatic nitrogens is 3. The van der Waals surface area contributed by atoms with Crippen LogP contribution in [-0.4, -0.2) is 15.0 Å². The summed E-state index contributed by atoms with van der Waals surface area (Å²) in [6.45, 7) is 2.03. The van der Waals surface area contributed by atoms with Crippen molar-refractivity contribution < 1.29 is 0 Å². The van der Waals surface area contributed by atoms with Crippen molar-refractivity contribution in [1.29, 1.82) is 0 Å². The van der Waals surface area contributed by atoms with Crippen LogP contribution >= 0.6 is 0 Å². The number of nitrogens with zero attached hydrogens (tertiary/aromatic N) is 3. The van der Waals surface area contributed by atoms with E-state index in [-0.39, 0.29) is 0 Å². The highest BCUT2D eigenvalue weighted by molar-refractivity contribution is 6.09. The number of aryl methyl sites for hydroxylation is 1. The van der Waals surface area contributed by atoms with E-state index in [0.29, 0.717) is 0 Å². The molecule has 3 heteroatoms. The van der Waals surface area contributed by atoms with E-state index < -0.39 is 0 Å². The van der Waals surface area contributed by atoms with E-state index >= 15 is 0 Å². The Labute approximate surface area is 297 Å². The van der Waals surface area contributed by atoms with Gasteiger partial charge in [-0.05, 0) is 70.6 Å². The van der Waals surface area contributed by atoms with Crippen molar-refractivity contribution >= 4 is 21.8 Å². The van der Waals surface area contributed by atoms with Crippen molar-refractivity contribution in [2.24, 2.45) is 0 Å². The van der Waals surface area contributed by atoms with Crippen LogP contribution in [-0.2, 0) is 0 Å². The second-order valence-corrected chi connectivity index (χ2v) is 12.9. The standard InChI is InChI=1S/C48H33N3/c1-32-20-21-38-26-27-42-43(35-14-7-3-8-15-35)31-46(51-48(42)47(38)49-32)37-24-22-34(23-25-37)39-18-11-19-40(28-39)45-30-41(33-12-5-2-6-13-33)29-44(50-45)36-16-9-4-10-17-36/h2-31H,1H3. The molecule has 9 aromatic rings. The Kier molecular flexibility index (Phi) is 7.71.